The molecule has 3 aromatic rings. The van der Waals surface area contributed by atoms with Crippen molar-refractivity contribution in [3.05, 3.63) is 108 Å². The van der Waals surface area contributed by atoms with Crippen LogP contribution in [0.3, 0.4) is 0 Å². The van der Waals surface area contributed by atoms with E-state index in [2.05, 4.69) is 0 Å². The lowest BCUT2D eigenvalue weighted by molar-refractivity contribution is -0.375. The first kappa shape index (κ1) is 58.9. The number of hydrogen-bond acceptors (Lipinski definition) is 22. The summed E-state index contributed by atoms with van der Waals surface area (Å²) in [7, 11) is 0. The van der Waals surface area contributed by atoms with Crippen LogP contribution in [0.15, 0.2) is 91.0 Å². The Morgan fingerprint density at radius 2 is 0.711 bits per heavy atom. The standard InChI is InChI=1S/C54H66O22/c1-30-44(65-25-39-20-14-10-15-21-39)48(66-26-40-22-16-11-17-23-40)45(41(67-30)27-62-24-38-18-12-9-13-19-38)75-53-52(72-37(8)61)50(70-35(6)59)47(43(74-53)29-64-32(3)56)76-54-51(71-36(7)60)49(69-34(5)58)46(68-33(4)57)42(73-54)28-63-31(2)55/h9-23,30,41-54H,24-29H2,1-8H3. The summed E-state index contributed by atoms with van der Waals surface area (Å²) in [6, 6.07) is 28.2. The third kappa shape index (κ3) is 17.3. The molecular formula is C54H66O22. The van der Waals surface area contributed by atoms with Gasteiger partial charge in [0.25, 0.3) is 0 Å². The predicted molar refractivity (Wildman–Crippen MR) is 259 cm³/mol. The number of carbonyl (C=O) groups is 7. The van der Waals surface area contributed by atoms with Crippen LogP contribution in [0.4, 0.5) is 0 Å². The summed E-state index contributed by atoms with van der Waals surface area (Å²) < 4.78 is 92.3. The second-order valence-corrected chi connectivity index (χ2v) is 18.2. The molecule has 3 aliphatic heterocycles. The van der Waals surface area contributed by atoms with Crippen molar-refractivity contribution in [3.63, 3.8) is 0 Å². The quantitative estimate of drug-likeness (QED) is 0.0954. The number of benzene rings is 3. The first-order valence-electron chi connectivity index (χ1n) is 24.7. The van der Waals surface area contributed by atoms with E-state index in [9.17, 15) is 33.6 Å². The Bertz CT molecular complexity index is 2370. The number of ether oxygens (including phenoxy) is 15. The van der Waals surface area contributed by atoms with Crippen LogP contribution in [0.25, 0.3) is 0 Å². The van der Waals surface area contributed by atoms with Crippen LogP contribution in [0.5, 0.6) is 0 Å². The zero-order chi connectivity index (χ0) is 54.9. The molecule has 3 heterocycles. The van der Waals surface area contributed by atoms with Crippen molar-refractivity contribution in [1.29, 1.82) is 0 Å². The summed E-state index contributed by atoms with van der Waals surface area (Å²) in [6.45, 7) is 8.40. The van der Waals surface area contributed by atoms with Gasteiger partial charge in [0.15, 0.2) is 43.1 Å². The summed E-state index contributed by atoms with van der Waals surface area (Å²) in [5, 5.41) is 0. The smallest absolute Gasteiger partial charge is 0.303 e. The first-order valence-corrected chi connectivity index (χ1v) is 24.7. The molecule has 3 aromatic carbocycles. The van der Waals surface area contributed by atoms with Crippen molar-refractivity contribution in [2.45, 2.75) is 167 Å². The molecule has 0 spiro atoms. The Kier molecular flexibility index (Phi) is 22.2. The van der Waals surface area contributed by atoms with E-state index in [0.29, 0.717) is 0 Å². The lowest BCUT2D eigenvalue weighted by Crippen LogP contribution is -2.68. The summed E-state index contributed by atoms with van der Waals surface area (Å²) in [5.41, 5.74) is 2.54. The van der Waals surface area contributed by atoms with Gasteiger partial charge in [-0.05, 0) is 23.6 Å². The van der Waals surface area contributed by atoms with Gasteiger partial charge in [-0.3, -0.25) is 33.6 Å². The van der Waals surface area contributed by atoms with Crippen LogP contribution in [-0.2, 0) is 124 Å². The molecule has 3 aliphatic rings. The van der Waals surface area contributed by atoms with E-state index in [1.54, 1.807) is 0 Å². The van der Waals surface area contributed by atoms with Crippen molar-refractivity contribution < 1.29 is 105 Å². The molecular weight excluding hydrogens is 1000 g/mol. The van der Waals surface area contributed by atoms with E-state index in [4.69, 9.17) is 71.1 Å². The minimum atomic E-state index is -1.89. The first-order chi connectivity index (χ1) is 36.4. The van der Waals surface area contributed by atoms with E-state index in [0.717, 1.165) is 65.2 Å². The molecule has 414 valence electrons. The van der Waals surface area contributed by atoms with Crippen molar-refractivity contribution >= 4 is 41.8 Å². The van der Waals surface area contributed by atoms with Crippen LogP contribution < -0.4 is 0 Å². The van der Waals surface area contributed by atoms with Crippen molar-refractivity contribution in [3.8, 4) is 0 Å². The Balaban J connectivity index is 1.45. The SMILES string of the molecule is CC(=O)OCC1OC(OC2C(COC(C)=O)OC(OC3C(COCc4ccccc4)OC(C)C(OCc4ccccc4)C3OCc3ccccc3)C(OC(C)=O)C2OC(C)=O)C(OC(C)=O)C(OC(C)=O)C1OC(C)=O. The van der Waals surface area contributed by atoms with Gasteiger partial charge < -0.3 is 71.1 Å². The molecule has 15 atom stereocenters. The molecule has 3 saturated heterocycles. The van der Waals surface area contributed by atoms with Crippen LogP contribution in [0.1, 0.15) is 72.1 Å². The van der Waals surface area contributed by atoms with Crippen molar-refractivity contribution in [1.82, 2.24) is 0 Å². The van der Waals surface area contributed by atoms with E-state index < -0.39 is 147 Å². The van der Waals surface area contributed by atoms with Crippen LogP contribution in [0, 0.1) is 0 Å². The third-order valence-electron chi connectivity index (χ3n) is 12.0. The van der Waals surface area contributed by atoms with E-state index in [1.165, 1.54) is 0 Å². The molecule has 6 rings (SSSR count). The zero-order valence-corrected chi connectivity index (χ0v) is 43.5. The number of rotatable bonds is 23. The van der Waals surface area contributed by atoms with Crippen LogP contribution in [-0.4, -0.2) is 154 Å². The van der Waals surface area contributed by atoms with Gasteiger partial charge >= 0.3 is 41.8 Å². The highest BCUT2D eigenvalue weighted by Gasteiger charge is 2.59. The predicted octanol–water partition coefficient (Wildman–Crippen LogP) is 4.17. The molecule has 15 unspecified atom stereocenters. The van der Waals surface area contributed by atoms with Crippen LogP contribution in [0.2, 0.25) is 0 Å². The number of carbonyl (C=O) groups excluding carboxylic acids is 7. The average molecular weight is 1070 g/mol. The molecule has 0 aliphatic carbocycles. The highest BCUT2D eigenvalue weighted by atomic mass is 16.8. The largest absolute Gasteiger partial charge is 0.463 e. The highest BCUT2D eigenvalue weighted by Crippen LogP contribution is 2.38. The molecule has 76 heavy (non-hydrogen) atoms. The fraction of sp³-hybridized carbons (Fsp3) is 0.537. The van der Waals surface area contributed by atoms with Gasteiger partial charge in [-0.15, -0.1) is 0 Å². The van der Waals surface area contributed by atoms with Gasteiger partial charge in [0.2, 0.25) is 0 Å². The number of esters is 7. The maximum atomic E-state index is 13.3. The Labute approximate surface area is 439 Å². The van der Waals surface area contributed by atoms with Gasteiger partial charge in [-0.2, -0.15) is 0 Å². The van der Waals surface area contributed by atoms with E-state index >= 15 is 0 Å². The minimum absolute atomic E-state index is 0.0663. The normalized spacial score (nSPS) is 29.2. The summed E-state index contributed by atoms with van der Waals surface area (Å²) >= 11 is 0. The Morgan fingerprint density at radius 1 is 0.368 bits per heavy atom. The Hall–Kier alpha value is -6.37. The lowest BCUT2D eigenvalue weighted by atomic mass is 9.93. The Morgan fingerprint density at radius 3 is 1.13 bits per heavy atom. The molecule has 0 radical (unpaired) electrons. The van der Waals surface area contributed by atoms with Crippen molar-refractivity contribution in [2.75, 3.05) is 19.8 Å². The van der Waals surface area contributed by atoms with Crippen molar-refractivity contribution in [2.24, 2.45) is 0 Å². The topological polar surface area (TPSA) is 258 Å². The fourth-order valence-corrected chi connectivity index (χ4v) is 8.95. The second kappa shape index (κ2) is 28.7. The second-order valence-electron chi connectivity index (χ2n) is 18.2. The van der Waals surface area contributed by atoms with E-state index in [1.807, 2.05) is 97.9 Å². The maximum absolute atomic E-state index is 13.3. The van der Waals surface area contributed by atoms with Gasteiger partial charge in [-0.25, -0.2) is 0 Å². The molecule has 0 amide bonds. The molecule has 0 bridgehead atoms. The highest BCUT2D eigenvalue weighted by molar-refractivity contribution is 5.69. The van der Waals surface area contributed by atoms with Gasteiger partial charge in [0, 0.05) is 48.5 Å². The lowest BCUT2D eigenvalue weighted by Gasteiger charge is -2.50. The zero-order valence-electron chi connectivity index (χ0n) is 43.5. The third-order valence-corrected chi connectivity index (χ3v) is 12.0. The van der Waals surface area contributed by atoms with E-state index in [-0.39, 0.29) is 26.4 Å². The molecule has 3 fully saturated rings. The average Bonchev–Trinajstić information content (AvgIpc) is 3.37. The molecule has 0 N–H and O–H groups in total. The molecule has 0 aromatic heterocycles. The monoisotopic (exact) mass is 1070 g/mol. The fourth-order valence-electron chi connectivity index (χ4n) is 8.95. The van der Waals surface area contributed by atoms with Crippen LogP contribution >= 0.6 is 0 Å². The minimum Gasteiger partial charge on any atom is -0.463 e. The molecule has 22 heteroatoms. The number of hydrogen-bond donors (Lipinski definition) is 0. The maximum Gasteiger partial charge on any atom is 0.303 e. The van der Waals surface area contributed by atoms with Gasteiger partial charge in [0.1, 0.15) is 55.9 Å². The van der Waals surface area contributed by atoms with Gasteiger partial charge in [-0.1, -0.05) is 91.0 Å². The summed E-state index contributed by atoms with van der Waals surface area (Å²) in [4.78, 5) is 89.3. The summed E-state index contributed by atoms with van der Waals surface area (Å²) in [6.07, 6.45) is -21.5. The molecule has 22 nitrogen and oxygen atoms in total. The summed E-state index contributed by atoms with van der Waals surface area (Å²) in [5.74, 6) is -6.12. The van der Waals surface area contributed by atoms with Gasteiger partial charge in [0.05, 0.1) is 32.5 Å². The molecule has 0 saturated carbocycles.